The lowest BCUT2D eigenvalue weighted by Crippen LogP contribution is -1.87. The molecule has 3 aromatic heterocycles. The third kappa shape index (κ3) is 1.87. The van der Waals surface area contributed by atoms with E-state index in [1.54, 1.807) is 17.5 Å². The van der Waals surface area contributed by atoms with Crippen LogP contribution in [0.15, 0.2) is 54.7 Å². The predicted octanol–water partition coefficient (Wildman–Crippen LogP) is 5.16. The fraction of sp³-hybridized carbons (Fsp3) is 0. The minimum atomic E-state index is 0.687. The second-order valence-electron chi connectivity index (χ2n) is 4.51. The monoisotopic (exact) mass is 296 g/mol. The second kappa shape index (κ2) is 4.54. The van der Waals surface area contributed by atoms with Crippen molar-refractivity contribution in [1.29, 1.82) is 0 Å². The Balaban J connectivity index is 1.97. The molecule has 4 aromatic rings. The molecule has 0 spiro atoms. The number of halogens is 1. The van der Waals surface area contributed by atoms with Gasteiger partial charge in [-0.05, 0) is 35.7 Å². The van der Waals surface area contributed by atoms with Crippen LogP contribution in [0.4, 0.5) is 0 Å². The van der Waals surface area contributed by atoms with Gasteiger partial charge < -0.3 is 0 Å². The summed E-state index contributed by atoms with van der Waals surface area (Å²) in [4.78, 5) is 10.0. The van der Waals surface area contributed by atoms with Crippen molar-refractivity contribution in [1.82, 2.24) is 9.97 Å². The molecule has 0 N–H and O–H groups in total. The van der Waals surface area contributed by atoms with Gasteiger partial charge in [-0.25, -0.2) is 9.97 Å². The van der Waals surface area contributed by atoms with E-state index < -0.39 is 0 Å². The molecule has 0 saturated heterocycles. The first-order valence-corrected chi connectivity index (χ1v) is 7.41. The van der Waals surface area contributed by atoms with E-state index in [2.05, 4.69) is 28.2 Å². The van der Waals surface area contributed by atoms with E-state index in [1.165, 1.54) is 10.1 Å². The van der Waals surface area contributed by atoms with Crippen molar-refractivity contribution in [3.05, 3.63) is 59.8 Å². The number of rotatable bonds is 1. The van der Waals surface area contributed by atoms with Crippen LogP contribution >= 0.6 is 22.9 Å². The Bertz CT molecular complexity index is 897. The SMILES string of the molecule is Clc1cc(-c2cc3ccccc3s2)nc2ncccc12. The van der Waals surface area contributed by atoms with Crippen LogP contribution in [0.1, 0.15) is 0 Å². The van der Waals surface area contributed by atoms with Crippen LogP contribution in [-0.4, -0.2) is 9.97 Å². The summed E-state index contributed by atoms with van der Waals surface area (Å²) in [7, 11) is 0. The molecule has 1 aromatic carbocycles. The maximum Gasteiger partial charge on any atom is 0.161 e. The molecule has 4 rings (SSSR count). The Morgan fingerprint density at radius 2 is 1.90 bits per heavy atom. The van der Waals surface area contributed by atoms with Crippen molar-refractivity contribution in [3.8, 4) is 10.6 Å². The Kier molecular flexibility index (Phi) is 2.69. The number of hydrogen-bond donors (Lipinski definition) is 0. The molecular weight excluding hydrogens is 288 g/mol. The molecule has 0 fully saturated rings. The molecule has 0 aliphatic rings. The standard InChI is InChI=1S/C16H9ClN2S/c17-12-9-13(19-16-11(12)5-3-7-18-16)15-8-10-4-1-2-6-14(10)20-15/h1-9H. The van der Waals surface area contributed by atoms with Crippen LogP contribution < -0.4 is 0 Å². The van der Waals surface area contributed by atoms with Gasteiger partial charge >= 0.3 is 0 Å². The molecule has 20 heavy (non-hydrogen) atoms. The number of fused-ring (bicyclic) bond motifs is 2. The minimum Gasteiger partial charge on any atom is -0.237 e. The number of pyridine rings is 2. The largest absolute Gasteiger partial charge is 0.237 e. The summed E-state index contributed by atoms with van der Waals surface area (Å²) < 4.78 is 1.25. The molecule has 0 aliphatic carbocycles. The van der Waals surface area contributed by atoms with Gasteiger partial charge in [0.15, 0.2) is 5.65 Å². The molecule has 0 aliphatic heterocycles. The molecule has 0 unspecified atom stereocenters. The maximum absolute atomic E-state index is 6.34. The highest BCUT2D eigenvalue weighted by Gasteiger charge is 2.09. The van der Waals surface area contributed by atoms with Gasteiger partial charge in [0.1, 0.15) is 0 Å². The summed E-state index contributed by atoms with van der Waals surface area (Å²) in [6.07, 6.45) is 1.74. The summed E-state index contributed by atoms with van der Waals surface area (Å²) in [6.45, 7) is 0. The van der Waals surface area contributed by atoms with Gasteiger partial charge in [0.2, 0.25) is 0 Å². The number of thiophene rings is 1. The quantitative estimate of drug-likeness (QED) is 0.484. The summed E-state index contributed by atoms with van der Waals surface area (Å²) >= 11 is 8.05. The van der Waals surface area contributed by atoms with Crippen LogP contribution in [0, 0.1) is 0 Å². The Labute approximate surface area is 124 Å². The Morgan fingerprint density at radius 3 is 2.80 bits per heavy atom. The van der Waals surface area contributed by atoms with E-state index in [0.717, 1.165) is 16.0 Å². The summed E-state index contributed by atoms with van der Waals surface area (Å²) in [5, 5.41) is 2.81. The van der Waals surface area contributed by atoms with Gasteiger partial charge in [-0.3, -0.25) is 0 Å². The minimum absolute atomic E-state index is 0.687. The number of hydrogen-bond acceptors (Lipinski definition) is 3. The van der Waals surface area contributed by atoms with Crippen LogP contribution in [0.2, 0.25) is 5.02 Å². The average Bonchev–Trinajstić information content (AvgIpc) is 2.91. The molecule has 0 radical (unpaired) electrons. The van der Waals surface area contributed by atoms with Gasteiger partial charge in [0, 0.05) is 16.3 Å². The summed E-state index contributed by atoms with van der Waals surface area (Å²) in [5.41, 5.74) is 1.56. The van der Waals surface area contributed by atoms with E-state index in [4.69, 9.17) is 11.6 Å². The third-order valence-electron chi connectivity index (χ3n) is 3.21. The van der Waals surface area contributed by atoms with Crippen molar-refractivity contribution in [2.45, 2.75) is 0 Å². The zero-order valence-corrected chi connectivity index (χ0v) is 11.9. The van der Waals surface area contributed by atoms with E-state index in [-0.39, 0.29) is 0 Å². The van der Waals surface area contributed by atoms with Crippen molar-refractivity contribution < 1.29 is 0 Å². The normalized spacial score (nSPS) is 11.2. The van der Waals surface area contributed by atoms with Crippen LogP contribution in [-0.2, 0) is 0 Å². The van der Waals surface area contributed by atoms with E-state index >= 15 is 0 Å². The maximum atomic E-state index is 6.34. The molecule has 0 saturated carbocycles. The van der Waals surface area contributed by atoms with Crippen molar-refractivity contribution in [2.75, 3.05) is 0 Å². The molecule has 0 amide bonds. The van der Waals surface area contributed by atoms with Crippen molar-refractivity contribution in [2.24, 2.45) is 0 Å². The molecular formula is C16H9ClN2S. The van der Waals surface area contributed by atoms with E-state index in [0.29, 0.717) is 10.7 Å². The van der Waals surface area contributed by atoms with Gasteiger partial charge in [-0.2, -0.15) is 0 Å². The fourth-order valence-corrected chi connectivity index (χ4v) is 3.53. The number of nitrogens with zero attached hydrogens (tertiary/aromatic N) is 2. The molecule has 96 valence electrons. The topological polar surface area (TPSA) is 25.8 Å². The first kappa shape index (κ1) is 11.8. The highest BCUT2D eigenvalue weighted by Crippen LogP contribution is 2.34. The lowest BCUT2D eigenvalue weighted by Gasteiger charge is -2.02. The van der Waals surface area contributed by atoms with Crippen LogP contribution in [0.25, 0.3) is 31.7 Å². The molecule has 3 heterocycles. The summed E-state index contributed by atoms with van der Waals surface area (Å²) in [6, 6.07) is 16.2. The molecule has 2 nitrogen and oxygen atoms in total. The smallest absolute Gasteiger partial charge is 0.161 e. The van der Waals surface area contributed by atoms with Gasteiger partial charge in [0.25, 0.3) is 0 Å². The molecule has 4 heteroatoms. The first-order valence-electron chi connectivity index (χ1n) is 6.21. The third-order valence-corrected chi connectivity index (χ3v) is 4.66. The van der Waals surface area contributed by atoms with Crippen molar-refractivity contribution >= 4 is 44.1 Å². The van der Waals surface area contributed by atoms with Gasteiger partial charge in [-0.1, -0.05) is 29.8 Å². The zero-order chi connectivity index (χ0) is 13.5. The average molecular weight is 297 g/mol. The highest BCUT2D eigenvalue weighted by molar-refractivity contribution is 7.22. The van der Waals surface area contributed by atoms with E-state index in [1.807, 2.05) is 30.3 Å². The van der Waals surface area contributed by atoms with Gasteiger partial charge in [-0.15, -0.1) is 11.3 Å². The highest BCUT2D eigenvalue weighted by atomic mass is 35.5. The zero-order valence-electron chi connectivity index (χ0n) is 10.4. The summed E-state index contributed by atoms with van der Waals surface area (Å²) in [5.74, 6) is 0. The molecule has 0 bridgehead atoms. The van der Waals surface area contributed by atoms with Gasteiger partial charge in [0.05, 0.1) is 15.6 Å². The predicted molar refractivity (Wildman–Crippen MR) is 85.4 cm³/mol. The molecule has 0 atom stereocenters. The lowest BCUT2D eigenvalue weighted by molar-refractivity contribution is 1.29. The Hall–Kier alpha value is -1.97. The van der Waals surface area contributed by atoms with E-state index in [9.17, 15) is 0 Å². The first-order chi connectivity index (χ1) is 9.81. The number of aromatic nitrogens is 2. The van der Waals surface area contributed by atoms with Crippen molar-refractivity contribution in [3.63, 3.8) is 0 Å². The van der Waals surface area contributed by atoms with Crippen LogP contribution in [0.3, 0.4) is 0 Å². The second-order valence-corrected chi connectivity index (χ2v) is 6.00. The lowest BCUT2D eigenvalue weighted by atomic mass is 10.2. The van der Waals surface area contributed by atoms with Crippen LogP contribution in [0.5, 0.6) is 0 Å². The Morgan fingerprint density at radius 1 is 1.00 bits per heavy atom. The number of benzene rings is 1. The fourth-order valence-electron chi connectivity index (χ4n) is 2.25.